The van der Waals surface area contributed by atoms with Gasteiger partial charge in [0.15, 0.2) is 5.60 Å². The number of hydrogen-bond acceptors (Lipinski definition) is 6. The molecule has 0 aliphatic carbocycles. The van der Waals surface area contributed by atoms with Gasteiger partial charge >= 0.3 is 17.9 Å². The fraction of sp³-hybridized carbons (Fsp3) is 0.900. The Morgan fingerprint density at radius 1 is 0.649 bits per heavy atom. The molecule has 7 nitrogen and oxygen atoms in total. The maximum atomic E-state index is 12.5. The molecule has 0 rings (SSSR count). The van der Waals surface area contributed by atoms with E-state index in [2.05, 4.69) is 6.92 Å². The van der Waals surface area contributed by atoms with E-state index in [9.17, 15) is 19.5 Å². The minimum atomic E-state index is -1.98. The maximum Gasteiger partial charge on any atom is 0.337 e. The van der Waals surface area contributed by atoms with Crippen LogP contribution in [0.2, 0.25) is 0 Å². The molecule has 0 aromatic heterocycles. The Morgan fingerprint density at radius 3 is 1.49 bits per heavy atom. The van der Waals surface area contributed by atoms with Crippen molar-refractivity contribution < 1.29 is 33.7 Å². The van der Waals surface area contributed by atoms with E-state index in [0.29, 0.717) is 0 Å². The van der Waals surface area contributed by atoms with Gasteiger partial charge in [-0.3, -0.25) is 9.59 Å². The normalized spacial score (nSPS) is 13.6. The number of carboxylic acid groups (broad SMARTS) is 1. The first-order valence-electron chi connectivity index (χ1n) is 15.1. The minimum Gasteiger partial charge on any atom is -0.479 e. The second-order valence-electron chi connectivity index (χ2n) is 10.0. The quantitative estimate of drug-likeness (QED) is 0.0910. The lowest BCUT2D eigenvalue weighted by Crippen LogP contribution is -2.53. The zero-order chi connectivity index (χ0) is 27.8. The van der Waals surface area contributed by atoms with Crippen molar-refractivity contribution in [2.24, 2.45) is 5.92 Å². The Morgan fingerprint density at radius 2 is 1.11 bits per heavy atom. The van der Waals surface area contributed by atoms with Crippen molar-refractivity contribution in [2.45, 2.75) is 149 Å². The number of ether oxygens (including phenoxy) is 3. The number of aliphatic carboxylic acids is 1. The lowest BCUT2D eigenvalue weighted by Gasteiger charge is -2.34. The van der Waals surface area contributed by atoms with Crippen molar-refractivity contribution in [1.82, 2.24) is 0 Å². The summed E-state index contributed by atoms with van der Waals surface area (Å²) in [5.74, 6) is -3.78. The molecule has 37 heavy (non-hydrogen) atoms. The Balaban J connectivity index is 4.06. The molecular weight excluding hydrogens is 472 g/mol. The molecule has 0 radical (unpaired) electrons. The van der Waals surface area contributed by atoms with Crippen LogP contribution in [0.3, 0.4) is 0 Å². The zero-order valence-corrected chi connectivity index (χ0v) is 24.3. The highest BCUT2D eigenvalue weighted by Gasteiger charge is 2.52. The molecule has 0 aliphatic heterocycles. The van der Waals surface area contributed by atoms with Crippen molar-refractivity contribution >= 4 is 17.9 Å². The van der Waals surface area contributed by atoms with Gasteiger partial charge in [-0.15, -0.1) is 0 Å². The Labute approximate surface area is 226 Å². The molecule has 0 saturated heterocycles. The summed E-state index contributed by atoms with van der Waals surface area (Å²) in [6.07, 6.45) is 19.9. The molecule has 0 saturated carbocycles. The zero-order valence-electron chi connectivity index (χ0n) is 24.3. The van der Waals surface area contributed by atoms with Crippen LogP contribution in [0.5, 0.6) is 0 Å². The fourth-order valence-electron chi connectivity index (χ4n) is 4.85. The maximum absolute atomic E-state index is 12.5. The lowest BCUT2D eigenvalue weighted by atomic mass is 9.82. The van der Waals surface area contributed by atoms with Crippen molar-refractivity contribution in [1.29, 1.82) is 0 Å². The van der Waals surface area contributed by atoms with Crippen LogP contribution < -0.4 is 0 Å². The Hall–Kier alpha value is -1.63. The van der Waals surface area contributed by atoms with Gasteiger partial charge < -0.3 is 19.3 Å². The third-order valence-electron chi connectivity index (χ3n) is 6.97. The van der Waals surface area contributed by atoms with Crippen molar-refractivity contribution in [3.05, 3.63) is 0 Å². The van der Waals surface area contributed by atoms with E-state index in [0.717, 1.165) is 19.3 Å². The highest BCUT2D eigenvalue weighted by Crippen LogP contribution is 2.31. The second kappa shape index (κ2) is 23.5. The number of esters is 2. The average Bonchev–Trinajstić information content (AvgIpc) is 2.86. The van der Waals surface area contributed by atoms with E-state index in [-0.39, 0.29) is 26.2 Å². The summed E-state index contributed by atoms with van der Waals surface area (Å²) in [4.78, 5) is 37.0. The third-order valence-corrected chi connectivity index (χ3v) is 6.97. The van der Waals surface area contributed by atoms with E-state index >= 15 is 0 Å². The molecule has 7 heteroatoms. The van der Waals surface area contributed by atoms with Gasteiger partial charge in [-0.05, 0) is 26.7 Å². The van der Waals surface area contributed by atoms with E-state index in [1.165, 1.54) is 83.5 Å². The second-order valence-corrected chi connectivity index (χ2v) is 10.0. The fourth-order valence-corrected chi connectivity index (χ4v) is 4.85. The molecule has 2 unspecified atom stereocenters. The van der Waals surface area contributed by atoms with E-state index in [1.54, 1.807) is 20.8 Å². The molecule has 0 fully saturated rings. The number of carbonyl (C=O) groups is 3. The highest BCUT2D eigenvalue weighted by molar-refractivity contribution is 5.90. The molecular formula is C30H56O7. The first-order chi connectivity index (χ1) is 17.9. The molecule has 1 N–H and O–H groups in total. The first kappa shape index (κ1) is 35.4. The Kier molecular flexibility index (Phi) is 22.4. The number of carbonyl (C=O) groups excluding carboxylic acids is 2. The van der Waals surface area contributed by atoms with Crippen LogP contribution in [0.25, 0.3) is 0 Å². The summed E-state index contributed by atoms with van der Waals surface area (Å²) in [6.45, 7) is 7.65. The van der Waals surface area contributed by atoms with Crippen LogP contribution in [-0.2, 0) is 28.6 Å². The van der Waals surface area contributed by atoms with Crippen LogP contribution in [0.15, 0.2) is 0 Å². The van der Waals surface area contributed by atoms with Crippen LogP contribution in [-0.4, -0.2) is 48.4 Å². The largest absolute Gasteiger partial charge is 0.479 e. The smallest absolute Gasteiger partial charge is 0.337 e. The summed E-state index contributed by atoms with van der Waals surface area (Å²) in [5.41, 5.74) is -1.98. The summed E-state index contributed by atoms with van der Waals surface area (Å²) in [7, 11) is 0. The minimum absolute atomic E-state index is 0.0502. The number of carboxylic acids is 1. The van der Waals surface area contributed by atoms with Gasteiger partial charge in [-0.25, -0.2) is 4.79 Å². The van der Waals surface area contributed by atoms with E-state index in [4.69, 9.17) is 14.2 Å². The van der Waals surface area contributed by atoms with Crippen LogP contribution in [0, 0.1) is 5.92 Å². The van der Waals surface area contributed by atoms with Crippen molar-refractivity contribution in [2.75, 3.05) is 19.8 Å². The molecule has 0 spiro atoms. The van der Waals surface area contributed by atoms with Gasteiger partial charge in [-0.1, -0.05) is 110 Å². The van der Waals surface area contributed by atoms with Crippen LogP contribution in [0.1, 0.15) is 143 Å². The van der Waals surface area contributed by atoms with Gasteiger partial charge in [0.05, 0.1) is 25.6 Å². The Bertz CT molecular complexity index is 592. The van der Waals surface area contributed by atoms with E-state index in [1.807, 2.05) is 0 Å². The average molecular weight is 529 g/mol. The molecule has 0 bridgehead atoms. The van der Waals surface area contributed by atoms with Gasteiger partial charge in [0.2, 0.25) is 0 Å². The highest BCUT2D eigenvalue weighted by atomic mass is 16.6. The van der Waals surface area contributed by atoms with Crippen molar-refractivity contribution in [3.63, 3.8) is 0 Å². The predicted molar refractivity (Wildman–Crippen MR) is 148 cm³/mol. The van der Waals surface area contributed by atoms with Crippen LogP contribution >= 0.6 is 0 Å². The summed E-state index contributed by atoms with van der Waals surface area (Å²) < 4.78 is 15.9. The number of unbranched alkanes of at least 4 members (excludes halogenated alkanes) is 15. The van der Waals surface area contributed by atoms with Crippen molar-refractivity contribution in [3.8, 4) is 0 Å². The summed E-state index contributed by atoms with van der Waals surface area (Å²) >= 11 is 0. The third kappa shape index (κ3) is 16.0. The summed E-state index contributed by atoms with van der Waals surface area (Å²) in [6, 6.07) is 0. The monoisotopic (exact) mass is 528 g/mol. The molecule has 0 aromatic carbocycles. The first-order valence-corrected chi connectivity index (χ1v) is 15.1. The number of rotatable bonds is 26. The predicted octanol–water partition coefficient (Wildman–Crippen LogP) is 7.63. The van der Waals surface area contributed by atoms with E-state index < -0.39 is 35.8 Å². The van der Waals surface area contributed by atoms with Gasteiger partial charge in [0.1, 0.15) is 0 Å². The SMILES string of the molecule is CCCCCCCCCCCCCCCCCCOC(=O)CC(OCC)(C(=O)O)C(CC)C(=O)OCC. The van der Waals surface area contributed by atoms with Crippen LogP contribution in [0.4, 0.5) is 0 Å². The number of hydrogen-bond donors (Lipinski definition) is 1. The summed E-state index contributed by atoms with van der Waals surface area (Å²) in [5, 5.41) is 9.90. The molecule has 0 heterocycles. The molecule has 218 valence electrons. The van der Waals surface area contributed by atoms with Gasteiger partial charge in [0.25, 0.3) is 0 Å². The molecule has 0 amide bonds. The lowest BCUT2D eigenvalue weighted by molar-refractivity contribution is -0.191. The topological polar surface area (TPSA) is 99.1 Å². The molecule has 0 aromatic rings. The van der Waals surface area contributed by atoms with Gasteiger partial charge in [-0.2, -0.15) is 0 Å². The van der Waals surface area contributed by atoms with Gasteiger partial charge in [0, 0.05) is 6.61 Å². The standard InChI is InChI=1S/C30H56O7/c1-5-9-10-11-12-13-14-15-16-17-18-19-20-21-22-23-24-36-27(31)25-30(29(33)34,37-8-4)26(6-2)28(32)35-7-3/h26H,5-25H2,1-4H3,(H,33,34). The molecule has 0 aliphatic rings. The molecule has 2 atom stereocenters.